The van der Waals surface area contributed by atoms with Crippen molar-refractivity contribution in [1.29, 1.82) is 0 Å². The van der Waals surface area contributed by atoms with Gasteiger partial charge in [-0.05, 0) is 87.7 Å². The number of amides is 1. The van der Waals surface area contributed by atoms with Crippen molar-refractivity contribution in [1.82, 2.24) is 14.8 Å². The fourth-order valence-corrected chi connectivity index (χ4v) is 5.79. The van der Waals surface area contributed by atoms with E-state index in [4.69, 9.17) is 4.74 Å². The summed E-state index contributed by atoms with van der Waals surface area (Å²) in [6.45, 7) is 6.03. The van der Waals surface area contributed by atoms with Gasteiger partial charge in [0, 0.05) is 31.4 Å². The minimum absolute atomic E-state index is 0.0792. The van der Waals surface area contributed by atoms with Gasteiger partial charge < -0.3 is 14.6 Å². The van der Waals surface area contributed by atoms with Crippen molar-refractivity contribution in [3.63, 3.8) is 0 Å². The quantitative estimate of drug-likeness (QED) is 0.736. The third kappa shape index (κ3) is 5.07. The monoisotopic (exact) mass is 449 g/mol. The summed E-state index contributed by atoms with van der Waals surface area (Å²) in [5.41, 5.74) is 3.71. The number of hydrogen-bond acceptors (Lipinski definition) is 4. The molecule has 1 unspecified atom stereocenters. The molecular formula is C27H35N3O3. The van der Waals surface area contributed by atoms with Crippen LogP contribution in [-0.4, -0.2) is 65.6 Å². The molecule has 2 saturated heterocycles. The van der Waals surface area contributed by atoms with Gasteiger partial charge in [-0.2, -0.15) is 0 Å². The van der Waals surface area contributed by atoms with Crippen molar-refractivity contribution in [3.8, 4) is 0 Å². The summed E-state index contributed by atoms with van der Waals surface area (Å²) in [7, 11) is 0. The number of pyridine rings is 1. The smallest absolute Gasteiger partial charge is 0.260 e. The third-order valence-electron chi connectivity index (χ3n) is 7.69. The van der Waals surface area contributed by atoms with Crippen LogP contribution in [0, 0.1) is 12.8 Å². The largest absolute Gasteiger partial charge is 0.376 e. The normalized spacial score (nSPS) is 21.9. The number of rotatable bonds is 6. The number of aryl methyl sites for hydroxylation is 1. The number of benzene rings is 1. The SMILES string of the molecule is Cc1ccc(C(=O)N(CC2CCN(C3Cc4ccccc4C3)CC2)CC2CCCO2)c(=O)[nH]1. The van der Waals surface area contributed by atoms with E-state index in [1.165, 1.54) is 11.1 Å². The molecule has 2 aliphatic heterocycles. The van der Waals surface area contributed by atoms with Gasteiger partial charge >= 0.3 is 0 Å². The second-order valence-corrected chi connectivity index (χ2v) is 10.0. The predicted octanol–water partition coefficient (Wildman–Crippen LogP) is 3.18. The first kappa shape index (κ1) is 22.4. The van der Waals surface area contributed by atoms with Crippen LogP contribution >= 0.6 is 0 Å². The Bertz CT molecular complexity index is 1010. The first-order valence-corrected chi connectivity index (χ1v) is 12.5. The van der Waals surface area contributed by atoms with E-state index >= 15 is 0 Å². The minimum Gasteiger partial charge on any atom is -0.376 e. The fraction of sp³-hybridized carbons (Fsp3) is 0.556. The van der Waals surface area contributed by atoms with E-state index in [1.807, 2.05) is 11.8 Å². The zero-order valence-corrected chi connectivity index (χ0v) is 19.6. The molecule has 1 aliphatic carbocycles. The number of carbonyl (C=O) groups excluding carboxylic acids is 1. The summed E-state index contributed by atoms with van der Waals surface area (Å²) >= 11 is 0. The molecule has 1 amide bonds. The Labute approximate surface area is 195 Å². The second-order valence-electron chi connectivity index (χ2n) is 10.0. The maximum absolute atomic E-state index is 13.4. The number of fused-ring (bicyclic) bond motifs is 1. The van der Waals surface area contributed by atoms with E-state index in [9.17, 15) is 9.59 Å². The van der Waals surface area contributed by atoms with Gasteiger partial charge in [0.05, 0.1) is 6.10 Å². The van der Waals surface area contributed by atoms with Gasteiger partial charge in [-0.3, -0.25) is 14.5 Å². The molecule has 6 heteroatoms. The van der Waals surface area contributed by atoms with Crippen LogP contribution < -0.4 is 5.56 Å². The van der Waals surface area contributed by atoms with Crippen molar-refractivity contribution in [2.75, 3.05) is 32.8 Å². The van der Waals surface area contributed by atoms with Crippen LogP contribution in [0.4, 0.5) is 0 Å². The lowest BCUT2D eigenvalue weighted by molar-refractivity contribution is 0.0428. The number of carbonyl (C=O) groups is 1. The molecule has 0 bridgehead atoms. The Balaban J connectivity index is 1.22. The predicted molar refractivity (Wildman–Crippen MR) is 129 cm³/mol. The van der Waals surface area contributed by atoms with Crippen LogP contribution in [0.3, 0.4) is 0 Å². The first-order chi connectivity index (χ1) is 16.1. The highest BCUT2D eigenvalue weighted by atomic mass is 16.5. The van der Waals surface area contributed by atoms with E-state index in [0.717, 1.165) is 63.9 Å². The zero-order valence-electron chi connectivity index (χ0n) is 19.6. The summed E-state index contributed by atoms with van der Waals surface area (Å²) in [6, 6.07) is 12.9. The molecule has 6 nitrogen and oxygen atoms in total. The molecule has 1 N–H and O–H groups in total. The fourth-order valence-electron chi connectivity index (χ4n) is 5.79. The Morgan fingerprint density at radius 3 is 2.42 bits per heavy atom. The van der Waals surface area contributed by atoms with Gasteiger partial charge in [0.15, 0.2) is 0 Å². The third-order valence-corrected chi connectivity index (χ3v) is 7.69. The average molecular weight is 450 g/mol. The highest BCUT2D eigenvalue weighted by Crippen LogP contribution is 2.29. The van der Waals surface area contributed by atoms with Crippen molar-refractivity contribution >= 4 is 5.91 Å². The van der Waals surface area contributed by atoms with Crippen molar-refractivity contribution in [2.24, 2.45) is 5.92 Å². The van der Waals surface area contributed by atoms with Crippen LogP contribution in [0.5, 0.6) is 0 Å². The molecule has 0 spiro atoms. The van der Waals surface area contributed by atoms with Crippen molar-refractivity contribution in [2.45, 2.75) is 57.6 Å². The number of aromatic amines is 1. The van der Waals surface area contributed by atoms with Crippen LogP contribution in [0.2, 0.25) is 0 Å². The van der Waals surface area contributed by atoms with Crippen molar-refractivity contribution in [3.05, 3.63) is 69.1 Å². The molecule has 2 aromatic rings. The molecular weight excluding hydrogens is 414 g/mol. The van der Waals surface area contributed by atoms with E-state index in [-0.39, 0.29) is 23.1 Å². The molecule has 0 saturated carbocycles. The summed E-state index contributed by atoms with van der Waals surface area (Å²) in [5.74, 6) is 0.292. The Morgan fingerprint density at radius 1 is 1.06 bits per heavy atom. The number of H-pyrrole nitrogens is 1. The van der Waals surface area contributed by atoms with E-state index in [0.29, 0.717) is 25.0 Å². The topological polar surface area (TPSA) is 65.6 Å². The van der Waals surface area contributed by atoms with Gasteiger partial charge in [-0.15, -0.1) is 0 Å². The summed E-state index contributed by atoms with van der Waals surface area (Å²) < 4.78 is 5.84. The van der Waals surface area contributed by atoms with Crippen LogP contribution in [0.15, 0.2) is 41.2 Å². The molecule has 0 radical (unpaired) electrons. The number of aromatic nitrogens is 1. The van der Waals surface area contributed by atoms with Crippen LogP contribution in [0.1, 0.15) is 52.9 Å². The van der Waals surface area contributed by atoms with Crippen LogP contribution in [0.25, 0.3) is 0 Å². The molecule has 2 fully saturated rings. The van der Waals surface area contributed by atoms with Gasteiger partial charge in [-0.25, -0.2) is 0 Å². The van der Waals surface area contributed by atoms with E-state index < -0.39 is 0 Å². The molecule has 33 heavy (non-hydrogen) atoms. The van der Waals surface area contributed by atoms with Gasteiger partial charge in [0.2, 0.25) is 0 Å². The molecule has 176 valence electrons. The Hall–Kier alpha value is -2.44. The van der Waals surface area contributed by atoms with Crippen molar-refractivity contribution < 1.29 is 9.53 Å². The number of likely N-dealkylation sites (tertiary alicyclic amines) is 1. The second kappa shape index (κ2) is 9.82. The van der Waals surface area contributed by atoms with E-state index in [2.05, 4.69) is 34.1 Å². The lowest BCUT2D eigenvalue weighted by Crippen LogP contribution is -2.47. The summed E-state index contributed by atoms with van der Waals surface area (Å²) in [4.78, 5) is 33.1. The highest BCUT2D eigenvalue weighted by molar-refractivity contribution is 5.93. The molecule has 1 aromatic heterocycles. The zero-order chi connectivity index (χ0) is 22.8. The van der Waals surface area contributed by atoms with Gasteiger partial charge in [0.25, 0.3) is 11.5 Å². The number of ether oxygens (including phenoxy) is 1. The van der Waals surface area contributed by atoms with Crippen LogP contribution in [-0.2, 0) is 17.6 Å². The standard InChI is InChI=1S/C27H35N3O3/c1-19-8-9-25(26(31)28-19)27(32)30(18-24-7-4-14-33-24)17-20-10-12-29(13-11-20)23-15-21-5-2-3-6-22(21)16-23/h2-3,5-6,8-9,20,23-24H,4,7,10-18H2,1H3,(H,28,31). The molecule has 3 aliphatic rings. The maximum atomic E-state index is 13.4. The van der Waals surface area contributed by atoms with E-state index in [1.54, 1.807) is 12.1 Å². The number of nitrogens with zero attached hydrogens (tertiary/aromatic N) is 2. The summed E-state index contributed by atoms with van der Waals surface area (Å²) in [6.07, 6.45) is 6.59. The number of piperidine rings is 1. The number of nitrogens with one attached hydrogen (secondary N) is 1. The lowest BCUT2D eigenvalue weighted by atomic mass is 9.94. The first-order valence-electron chi connectivity index (χ1n) is 12.5. The summed E-state index contributed by atoms with van der Waals surface area (Å²) in [5, 5.41) is 0. The molecule has 1 aromatic carbocycles. The maximum Gasteiger partial charge on any atom is 0.260 e. The number of hydrogen-bond donors (Lipinski definition) is 1. The lowest BCUT2D eigenvalue weighted by Gasteiger charge is -2.38. The highest BCUT2D eigenvalue weighted by Gasteiger charge is 2.32. The van der Waals surface area contributed by atoms with Gasteiger partial charge in [-0.1, -0.05) is 24.3 Å². The Kier molecular flexibility index (Phi) is 6.65. The minimum atomic E-state index is -0.298. The molecule has 1 atom stereocenters. The molecule has 5 rings (SSSR count). The Morgan fingerprint density at radius 2 is 1.79 bits per heavy atom. The molecule has 3 heterocycles. The van der Waals surface area contributed by atoms with Gasteiger partial charge in [0.1, 0.15) is 5.56 Å². The average Bonchev–Trinajstić information content (AvgIpc) is 3.48.